The monoisotopic (exact) mass is 298 g/mol. The summed E-state index contributed by atoms with van der Waals surface area (Å²) < 4.78 is 0. The SMILES string of the molecule is CCC(C)c1ccc(C)cc1.CCC(C)c1ccc(O)cc1. The third kappa shape index (κ3) is 5.93. The molecular formula is C21H30O. The Morgan fingerprint density at radius 1 is 0.727 bits per heavy atom. The molecule has 2 unspecified atom stereocenters. The van der Waals surface area contributed by atoms with E-state index >= 15 is 0 Å². The zero-order valence-electron chi connectivity index (χ0n) is 14.6. The smallest absolute Gasteiger partial charge is 0.115 e. The first kappa shape index (κ1) is 18.3. The molecule has 0 aromatic heterocycles. The van der Waals surface area contributed by atoms with E-state index in [1.807, 2.05) is 12.1 Å². The van der Waals surface area contributed by atoms with E-state index in [9.17, 15) is 0 Å². The van der Waals surface area contributed by atoms with Crippen LogP contribution in [0.15, 0.2) is 48.5 Å². The van der Waals surface area contributed by atoms with Gasteiger partial charge in [0, 0.05) is 0 Å². The van der Waals surface area contributed by atoms with Crippen LogP contribution in [0.2, 0.25) is 0 Å². The predicted molar refractivity (Wildman–Crippen MR) is 96.7 cm³/mol. The number of benzene rings is 2. The average molecular weight is 298 g/mol. The van der Waals surface area contributed by atoms with Gasteiger partial charge < -0.3 is 5.11 Å². The van der Waals surface area contributed by atoms with Gasteiger partial charge in [-0.3, -0.25) is 0 Å². The molecule has 2 atom stereocenters. The lowest BCUT2D eigenvalue weighted by atomic mass is 9.98. The van der Waals surface area contributed by atoms with Crippen LogP contribution in [-0.4, -0.2) is 5.11 Å². The molecule has 0 aliphatic heterocycles. The Morgan fingerprint density at radius 2 is 1.09 bits per heavy atom. The van der Waals surface area contributed by atoms with Gasteiger partial charge in [-0.25, -0.2) is 0 Å². The molecule has 2 rings (SSSR count). The molecule has 1 heteroatoms. The van der Waals surface area contributed by atoms with Crippen molar-refractivity contribution in [2.75, 3.05) is 0 Å². The summed E-state index contributed by atoms with van der Waals surface area (Å²) in [6.07, 6.45) is 2.37. The molecule has 0 spiro atoms. The van der Waals surface area contributed by atoms with Crippen molar-refractivity contribution in [3.8, 4) is 5.75 Å². The van der Waals surface area contributed by atoms with Gasteiger partial charge in [0.15, 0.2) is 0 Å². The van der Waals surface area contributed by atoms with E-state index in [0.717, 1.165) is 6.42 Å². The maximum Gasteiger partial charge on any atom is 0.115 e. The van der Waals surface area contributed by atoms with Crippen molar-refractivity contribution in [1.82, 2.24) is 0 Å². The molecule has 0 fully saturated rings. The lowest BCUT2D eigenvalue weighted by Gasteiger charge is -2.07. The zero-order valence-corrected chi connectivity index (χ0v) is 14.6. The second kappa shape index (κ2) is 9.30. The Morgan fingerprint density at radius 3 is 1.45 bits per heavy atom. The predicted octanol–water partition coefficient (Wildman–Crippen LogP) is 6.41. The molecule has 1 N–H and O–H groups in total. The van der Waals surface area contributed by atoms with Crippen LogP contribution in [0.25, 0.3) is 0 Å². The largest absolute Gasteiger partial charge is 0.508 e. The minimum absolute atomic E-state index is 0.344. The van der Waals surface area contributed by atoms with E-state index < -0.39 is 0 Å². The molecule has 0 bridgehead atoms. The Hall–Kier alpha value is -1.76. The lowest BCUT2D eigenvalue weighted by molar-refractivity contribution is 0.475. The Bertz CT molecular complexity index is 473. The zero-order chi connectivity index (χ0) is 16.5. The van der Waals surface area contributed by atoms with Crippen molar-refractivity contribution < 1.29 is 5.11 Å². The maximum atomic E-state index is 9.01. The summed E-state index contributed by atoms with van der Waals surface area (Å²) in [6.45, 7) is 11.0. The van der Waals surface area contributed by atoms with Gasteiger partial charge >= 0.3 is 0 Å². The van der Waals surface area contributed by atoms with Crippen LogP contribution in [0.1, 0.15) is 69.1 Å². The number of hydrogen-bond donors (Lipinski definition) is 1. The Labute approximate surface area is 136 Å². The average Bonchev–Trinajstić information content (AvgIpc) is 2.55. The van der Waals surface area contributed by atoms with E-state index in [4.69, 9.17) is 5.11 Å². The summed E-state index contributed by atoms with van der Waals surface area (Å²) in [5.74, 6) is 1.64. The molecule has 22 heavy (non-hydrogen) atoms. The number of phenols is 1. The first-order valence-electron chi connectivity index (χ1n) is 8.33. The summed E-state index contributed by atoms with van der Waals surface area (Å²) in [5, 5.41) is 9.01. The van der Waals surface area contributed by atoms with Crippen molar-refractivity contribution in [2.24, 2.45) is 0 Å². The third-order valence-electron chi connectivity index (χ3n) is 4.33. The third-order valence-corrected chi connectivity index (χ3v) is 4.33. The molecule has 0 amide bonds. The van der Waals surface area contributed by atoms with Crippen molar-refractivity contribution in [2.45, 2.75) is 59.3 Å². The number of phenolic OH excluding ortho intramolecular Hbond substituents is 1. The first-order chi connectivity index (χ1) is 10.5. The second-order valence-electron chi connectivity index (χ2n) is 6.12. The van der Waals surface area contributed by atoms with Gasteiger partial charge in [0.25, 0.3) is 0 Å². The molecule has 2 aromatic carbocycles. The number of rotatable bonds is 4. The van der Waals surface area contributed by atoms with Crippen LogP contribution in [0.5, 0.6) is 5.75 Å². The van der Waals surface area contributed by atoms with Crippen molar-refractivity contribution in [1.29, 1.82) is 0 Å². The molecule has 0 heterocycles. The van der Waals surface area contributed by atoms with Crippen LogP contribution in [-0.2, 0) is 0 Å². The van der Waals surface area contributed by atoms with Gasteiger partial charge in [0.1, 0.15) is 5.75 Å². The first-order valence-corrected chi connectivity index (χ1v) is 8.33. The molecule has 0 radical (unpaired) electrons. The standard InChI is InChI=1S/C11H16.C10H14O/c1-4-10(3)11-7-5-9(2)6-8-11;1-3-8(2)9-4-6-10(11)7-5-9/h5-8,10H,4H2,1-3H3;4-8,11H,3H2,1-2H3. The fourth-order valence-electron chi connectivity index (χ4n) is 2.17. The summed E-state index contributed by atoms with van der Waals surface area (Å²) >= 11 is 0. The van der Waals surface area contributed by atoms with Crippen LogP contribution >= 0.6 is 0 Å². The highest BCUT2D eigenvalue weighted by Gasteiger charge is 2.01. The molecule has 0 saturated heterocycles. The van der Waals surface area contributed by atoms with Crippen LogP contribution in [0, 0.1) is 6.92 Å². The van der Waals surface area contributed by atoms with Gasteiger partial charge in [-0.15, -0.1) is 0 Å². The van der Waals surface area contributed by atoms with E-state index in [1.165, 1.54) is 23.1 Å². The fraction of sp³-hybridized carbons (Fsp3) is 0.429. The molecule has 0 saturated carbocycles. The molecular weight excluding hydrogens is 268 g/mol. The summed E-state index contributed by atoms with van der Waals surface area (Å²) in [5.41, 5.74) is 4.10. The van der Waals surface area contributed by atoms with E-state index in [0.29, 0.717) is 17.6 Å². The van der Waals surface area contributed by atoms with E-state index in [-0.39, 0.29) is 0 Å². The summed E-state index contributed by atoms with van der Waals surface area (Å²) in [7, 11) is 0. The van der Waals surface area contributed by atoms with Crippen molar-refractivity contribution in [3.63, 3.8) is 0 Å². The van der Waals surface area contributed by atoms with Gasteiger partial charge in [0.05, 0.1) is 0 Å². The highest BCUT2D eigenvalue weighted by atomic mass is 16.3. The van der Waals surface area contributed by atoms with Crippen molar-refractivity contribution in [3.05, 3.63) is 65.2 Å². The summed E-state index contributed by atoms with van der Waals surface area (Å²) in [6, 6.07) is 16.2. The summed E-state index contributed by atoms with van der Waals surface area (Å²) in [4.78, 5) is 0. The van der Waals surface area contributed by atoms with Crippen LogP contribution in [0.3, 0.4) is 0 Å². The highest BCUT2D eigenvalue weighted by molar-refractivity contribution is 5.27. The van der Waals surface area contributed by atoms with E-state index in [2.05, 4.69) is 58.9 Å². The second-order valence-corrected chi connectivity index (χ2v) is 6.12. The molecule has 2 aromatic rings. The highest BCUT2D eigenvalue weighted by Crippen LogP contribution is 2.20. The molecule has 1 nitrogen and oxygen atoms in total. The molecule has 0 aliphatic carbocycles. The van der Waals surface area contributed by atoms with Crippen LogP contribution in [0.4, 0.5) is 0 Å². The molecule has 0 aliphatic rings. The van der Waals surface area contributed by atoms with Gasteiger partial charge in [0.2, 0.25) is 0 Å². The van der Waals surface area contributed by atoms with Crippen molar-refractivity contribution >= 4 is 0 Å². The maximum absolute atomic E-state index is 9.01. The van der Waals surface area contributed by atoms with Gasteiger partial charge in [-0.05, 0) is 54.9 Å². The normalized spacial score (nSPS) is 13.0. The Kier molecular flexibility index (Phi) is 7.73. The number of hydrogen-bond acceptors (Lipinski definition) is 1. The van der Waals surface area contributed by atoms with Gasteiger partial charge in [-0.1, -0.05) is 69.7 Å². The Balaban J connectivity index is 0.000000220. The fourth-order valence-corrected chi connectivity index (χ4v) is 2.17. The topological polar surface area (TPSA) is 20.2 Å². The van der Waals surface area contributed by atoms with Gasteiger partial charge in [-0.2, -0.15) is 0 Å². The number of aromatic hydroxyl groups is 1. The quantitative estimate of drug-likeness (QED) is 0.691. The van der Waals surface area contributed by atoms with Crippen LogP contribution < -0.4 is 0 Å². The number of aryl methyl sites for hydroxylation is 1. The molecule has 120 valence electrons. The minimum Gasteiger partial charge on any atom is -0.508 e. The van der Waals surface area contributed by atoms with E-state index in [1.54, 1.807) is 12.1 Å². The minimum atomic E-state index is 0.344. The lowest BCUT2D eigenvalue weighted by Crippen LogP contribution is -1.89.